The monoisotopic (exact) mass is 483 g/mol. The van der Waals surface area contributed by atoms with Crippen molar-refractivity contribution in [2.45, 2.75) is 19.3 Å². The zero-order valence-electron chi connectivity index (χ0n) is 19.9. The fraction of sp³-hybridized carbons (Fsp3) is 0.133. The first-order valence-corrected chi connectivity index (χ1v) is 11.4. The molecular weight excluding hydrogens is 454 g/mol. The Morgan fingerprint density at radius 1 is 0.694 bits per heavy atom. The van der Waals surface area contributed by atoms with Gasteiger partial charge in [-0.15, -0.1) is 0 Å². The second-order valence-corrected chi connectivity index (χ2v) is 7.82. The van der Waals surface area contributed by atoms with Crippen molar-refractivity contribution in [1.29, 1.82) is 0 Å². The fourth-order valence-corrected chi connectivity index (χ4v) is 3.94. The minimum absolute atomic E-state index is 0.104. The van der Waals surface area contributed by atoms with Gasteiger partial charge in [-0.2, -0.15) is 0 Å². The molecule has 4 aromatic carbocycles. The molecule has 36 heavy (non-hydrogen) atoms. The topological polar surface area (TPSA) is 115 Å². The van der Waals surface area contributed by atoms with Gasteiger partial charge in [0.25, 0.3) is 0 Å². The maximum Gasteiger partial charge on any atom is 0.336 e. The van der Waals surface area contributed by atoms with Gasteiger partial charge in [0.2, 0.25) is 0 Å². The van der Waals surface area contributed by atoms with Crippen molar-refractivity contribution >= 4 is 36.1 Å². The van der Waals surface area contributed by atoms with Gasteiger partial charge in [-0.25, -0.2) is 4.79 Å². The summed E-state index contributed by atoms with van der Waals surface area (Å²) >= 11 is 0. The Bertz CT molecular complexity index is 1270. The number of aldehydes is 2. The van der Waals surface area contributed by atoms with Crippen LogP contribution >= 0.6 is 0 Å². The minimum atomic E-state index is -1.08. The third-order valence-electron chi connectivity index (χ3n) is 5.60. The van der Waals surface area contributed by atoms with Crippen molar-refractivity contribution in [3.8, 4) is 0 Å². The number of fused-ring (bicyclic) bond motifs is 1. The molecule has 0 aliphatic heterocycles. The predicted molar refractivity (Wildman–Crippen MR) is 142 cm³/mol. The van der Waals surface area contributed by atoms with E-state index in [1.165, 1.54) is 17.7 Å². The van der Waals surface area contributed by atoms with E-state index >= 15 is 0 Å². The lowest BCUT2D eigenvalue weighted by Crippen LogP contribution is -2.04. The molecule has 4 aromatic rings. The number of hydrogen-bond donors (Lipinski definition) is 2. The lowest BCUT2D eigenvalue weighted by atomic mass is 9.90. The third-order valence-corrected chi connectivity index (χ3v) is 5.60. The highest BCUT2D eigenvalue weighted by Crippen LogP contribution is 2.29. The van der Waals surface area contributed by atoms with Crippen molar-refractivity contribution in [3.63, 3.8) is 0 Å². The molecule has 6 heteroatoms. The predicted octanol–water partition coefficient (Wildman–Crippen LogP) is 4.95. The van der Waals surface area contributed by atoms with Gasteiger partial charge in [0.15, 0.2) is 12.6 Å². The maximum atomic E-state index is 11.7. The highest BCUT2D eigenvalue weighted by Gasteiger charge is 2.17. The van der Waals surface area contributed by atoms with Crippen molar-refractivity contribution in [2.75, 3.05) is 6.54 Å². The summed E-state index contributed by atoms with van der Waals surface area (Å²) in [4.78, 5) is 42.5. The Morgan fingerprint density at radius 2 is 1.19 bits per heavy atom. The summed E-state index contributed by atoms with van der Waals surface area (Å²) in [5, 5.41) is 10.4. The molecule has 0 fully saturated rings. The van der Waals surface area contributed by atoms with Gasteiger partial charge >= 0.3 is 5.97 Å². The Balaban J connectivity index is 0.000000347. The summed E-state index contributed by atoms with van der Waals surface area (Å²) in [7, 11) is 0. The number of benzene rings is 4. The van der Waals surface area contributed by atoms with Crippen LogP contribution in [0.3, 0.4) is 0 Å². The van der Waals surface area contributed by atoms with Gasteiger partial charge < -0.3 is 15.6 Å². The van der Waals surface area contributed by atoms with Crippen molar-refractivity contribution < 1.29 is 24.3 Å². The molecule has 184 valence electrons. The Hall–Kier alpha value is -4.42. The van der Waals surface area contributed by atoms with Gasteiger partial charge in [0.1, 0.15) is 6.79 Å². The van der Waals surface area contributed by atoms with E-state index in [0.717, 1.165) is 30.5 Å². The normalized spacial score (nSPS) is 9.81. The van der Waals surface area contributed by atoms with Crippen molar-refractivity contribution in [2.24, 2.45) is 5.73 Å². The minimum Gasteiger partial charge on any atom is -0.478 e. The molecule has 0 amide bonds. The van der Waals surface area contributed by atoms with Crippen LogP contribution in [0.4, 0.5) is 0 Å². The van der Waals surface area contributed by atoms with E-state index in [9.17, 15) is 19.5 Å². The number of hydrogen-bond acceptors (Lipinski definition) is 5. The van der Waals surface area contributed by atoms with E-state index in [0.29, 0.717) is 40.9 Å². The lowest BCUT2D eigenvalue weighted by molar-refractivity contribution is -0.0980. The van der Waals surface area contributed by atoms with Gasteiger partial charge in [-0.3, -0.25) is 9.59 Å². The van der Waals surface area contributed by atoms with E-state index < -0.39 is 5.97 Å². The van der Waals surface area contributed by atoms with E-state index in [-0.39, 0.29) is 5.56 Å². The Morgan fingerprint density at radius 3 is 1.67 bits per heavy atom. The van der Waals surface area contributed by atoms with E-state index in [4.69, 9.17) is 10.5 Å². The highest BCUT2D eigenvalue weighted by molar-refractivity contribution is 6.14. The second-order valence-electron chi connectivity index (χ2n) is 7.82. The van der Waals surface area contributed by atoms with Crippen molar-refractivity contribution in [1.82, 2.24) is 0 Å². The number of carboxylic acid groups (broad SMARTS) is 1. The Kier molecular flexibility index (Phi) is 11.4. The molecule has 0 radical (unpaired) electrons. The molecule has 0 saturated heterocycles. The van der Waals surface area contributed by atoms with Crippen LogP contribution < -0.4 is 5.73 Å². The fourth-order valence-electron chi connectivity index (χ4n) is 3.94. The molecule has 6 nitrogen and oxygen atoms in total. The van der Waals surface area contributed by atoms with Gasteiger partial charge in [0.05, 0.1) is 5.56 Å². The molecule has 0 aromatic heterocycles. The third kappa shape index (κ3) is 7.29. The summed E-state index contributed by atoms with van der Waals surface area (Å²) < 4.78 is 0. The Labute approximate surface area is 210 Å². The van der Waals surface area contributed by atoms with E-state index in [1.54, 1.807) is 12.1 Å². The molecule has 0 bridgehead atoms. The molecule has 3 N–H and O–H groups in total. The first-order valence-electron chi connectivity index (χ1n) is 11.4. The second kappa shape index (κ2) is 14.8. The molecule has 0 heterocycles. The summed E-state index contributed by atoms with van der Waals surface area (Å²) in [6.07, 6.45) is 3.65. The van der Waals surface area contributed by atoms with Crippen LogP contribution in [0.1, 0.15) is 47.8 Å². The molecular formula is C30H29NO5. The molecule has 4 rings (SSSR count). The zero-order chi connectivity index (χ0) is 26.3. The lowest BCUT2D eigenvalue weighted by Gasteiger charge is -2.13. The average Bonchev–Trinajstić information content (AvgIpc) is 2.93. The maximum absolute atomic E-state index is 11.7. The SMILES string of the molecule is C=O.NCCc1ccccc1.O=Cc1ccc(CCc2ccccc2)c2c(C(=O)O)ccc(C=O)c12. The van der Waals surface area contributed by atoms with Crippen LogP contribution in [-0.4, -0.2) is 37.0 Å². The van der Waals surface area contributed by atoms with Crippen LogP contribution in [0.15, 0.2) is 84.9 Å². The van der Waals surface area contributed by atoms with Crippen LogP contribution in [0, 0.1) is 0 Å². The van der Waals surface area contributed by atoms with Gasteiger partial charge in [-0.1, -0.05) is 78.9 Å². The molecule has 0 aliphatic rings. The molecule has 0 spiro atoms. The molecule has 0 saturated carbocycles. The van der Waals surface area contributed by atoms with Crippen LogP contribution in [-0.2, 0) is 24.1 Å². The quantitative estimate of drug-likeness (QED) is 0.343. The van der Waals surface area contributed by atoms with Gasteiger partial charge in [0, 0.05) is 21.9 Å². The van der Waals surface area contributed by atoms with Crippen LogP contribution in [0.2, 0.25) is 0 Å². The first-order chi connectivity index (χ1) is 17.6. The summed E-state index contributed by atoms with van der Waals surface area (Å²) in [6, 6.07) is 26.4. The first kappa shape index (κ1) is 27.8. The standard InChI is InChI=1S/C21H16O4.C8H11N.CH2O/c22-12-16-9-8-15(7-6-14-4-2-1-3-5-14)20-18(21(24)25)11-10-17(13-23)19(16)20;9-7-6-8-4-2-1-3-5-8;1-2/h1-5,8-13H,6-7H2,(H,24,25);1-5H,6-7,9H2;1H2. The molecule has 0 unspecified atom stereocenters. The largest absolute Gasteiger partial charge is 0.478 e. The average molecular weight is 484 g/mol. The number of carboxylic acids is 1. The zero-order valence-corrected chi connectivity index (χ0v) is 19.9. The molecule has 0 aliphatic carbocycles. The number of aryl methyl sites for hydroxylation is 2. The summed E-state index contributed by atoms with van der Waals surface area (Å²) in [5.41, 5.74) is 9.38. The summed E-state index contributed by atoms with van der Waals surface area (Å²) in [6.45, 7) is 2.74. The van der Waals surface area contributed by atoms with Crippen molar-refractivity contribution in [3.05, 3.63) is 118 Å². The van der Waals surface area contributed by atoms with E-state index in [2.05, 4.69) is 12.1 Å². The van der Waals surface area contributed by atoms with Crippen LogP contribution in [0.25, 0.3) is 10.8 Å². The number of carbonyl (C=O) groups is 4. The highest BCUT2D eigenvalue weighted by atomic mass is 16.4. The van der Waals surface area contributed by atoms with E-state index in [1.807, 2.05) is 55.3 Å². The van der Waals surface area contributed by atoms with Gasteiger partial charge in [-0.05, 0) is 48.6 Å². The molecule has 0 atom stereocenters. The summed E-state index contributed by atoms with van der Waals surface area (Å²) in [5.74, 6) is -1.08. The number of aromatic carboxylic acids is 1. The number of nitrogens with two attached hydrogens (primary N) is 1. The van der Waals surface area contributed by atoms with Crippen LogP contribution in [0.5, 0.6) is 0 Å². The number of rotatable bonds is 8. The smallest absolute Gasteiger partial charge is 0.336 e. The number of carbonyl (C=O) groups excluding carboxylic acids is 3.